The number of halogens is 1. The maximum absolute atomic E-state index is 12.8. The average Bonchev–Trinajstić information content (AvgIpc) is 3.26. The molecule has 0 atom stereocenters. The molecule has 0 unspecified atom stereocenters. The van der Waals surface area contributed by atoms with Gasteiger partial charge in [-0.2, -0.15) is 0 Å². The molecule has 1 aromatic heterocycles. The third-order valence-corrected chi connectivity index (χ3v) is 6.07. The van der Waals surface area contributed by atoms with Gasteiger partial charge in [0.15, 0.2) is 5.78 Å². The topological polar surface area (TPSA) is 68.5 Å². The van der Waals surface area contributed by atoms with Crippen molar-refractivity contribution in [3.05, 3.63) is 88.6 Å². The molecule has 3 aromatic carbocycles. The van der Waals surface area contributed by atoms with E-state index >= 15 is 0 Å². The van der Waals surface area contributed by atoms with Crippen molar-refractivity contribution in [1.29, 1.82) is 0 Å². The van der Waals surface area contributed by atoms with Crippen LogP contribution >= 0.6 is 11.6 Å². The molecular weight excluding hydrogens is 462 g/mol. The minimum atomic E-state index is -0.275. The van der Waals surface area contributed by atoms with Crippen molar-refractivity contribution in [2.75, 3.05) is 11.9 Å². The van der Waals surface area contributed by atoms with E-state index in [2.05, 4.69) is 5.32 Å². The van der Waals surface area contributed by atoms with Gasteiger partial charge in [-0.15, -0.1) is 0 Å². The Bertz CT molecular complexity index is 1430. The zero-order valence-electron chi connectivity index (χ0n) is 20.1. The van der Waals surface area contributed by atoms with Gasteiger partial charge in [-0.3, -0.25) is 9.59 Å². The molecule has 0 aliphatic rings. The molecule has 1 heterocycles. The number of anilines is 1. The van der Waals surface area contributed by atoms with E-state index in [0.29, 0.717) is 28.6 Å². The summed E-state index contributed by atoms with van der Waals surface area (Å²) in [4.78, 5) is 24.3. The summed E-state index contributed by atoms with van der Waals surface area (Å²) in [6.45, 7) is 7.74. The smallest absolute Gasteiger partial charge is 0.248 e. The lowest BCUT2D eigenvalue weighted by Crippen LogP contribution is -2.09. The molecule has 6 heteroatoms. The number of benzene rings is 3. The average molecular weight is 488 g/mol. The number of aryl methyl sites for hydroxylation is 1. The number of ether oxygens (including phenoxy) is 1. The third kappa shape index (κ3) is 5.15. The highest BCUT2D eigenvalue weighted by atomic mass is 35.5. The number of rotatable bonds is 7. The van der Waals surface area contributed by atoms with Crippen LogP contribution in [0.3, 0.4) is 0 Å². The van der Waals surface area contributed by atoms with Gasteiger partial charge >= 0.3 is 0 Å². The Balaban J connectivity index is 1.72. The van der Waals surface area contributed by atoms with Crippen LogP contribution in [0, 0.1) is 6.92 Å². The number of hydrogen-bond donors (Lipinski definition) is 1. The van der Waals surface area contributed by atoms with E-state index in [0.717, 1.165) is 38.8 Å². The molecule has 0 radical (unpaired) electrons. The van der Waals surface area contributed by atoms with Gasteiger partial charge in [-0.25, -0.2) is 0 Å². The molecular formula is C29H26ClNO4. The van der Waals surface area contributed by atoms with Crippen LogP contribution in [0.25, 0.3) is 27.7 Å². The van der Waals surface area contributed by atoms with Crippen LogP contribution in [0.15, 0.2) is 71.4 Å². The van der Waals surface area contributed by atoms with Gasteiger partial charge in [0.05, 0.1) is 12.9 Å². The van der Waals surface area contributed by atoms with E-state index in [9.17, 15) is 9.59 Å². The fourth-order valence-corrected chi connectivity index (χ4v) is 4.16. The van der Waals surface area contributed by atoms with Crippen LogP contribution in [0.2, 0.25) is 5.02 Å². The highest BCUT2D eigenvalue weighted by Crippen LogP contribution is 2.41. The molecule has 0 saturated heterocycles. The second kappa shape index (κ2) is 10.2. The van der Waals surface area contributed by atoms with Crippen LogP contribution in [0.1, 0.15) is 42.3 Å². The number of furan rings is 1. The second-order valence-corrected chi connectivity index (χ2v) is 8.73. The number of allylic oxidation sites excluding steroid dienone is 1. The fraction of sp³-hybridized carbons (Fsp3) is 0.172. The van der Waals surface area contributed by atoms with E-state index in [1.807, 2.05) is 51.1 Å². The molecule has 0 bridgehead atoms. The van der Waals surface area contributed by atoms with Crippen molar-refractivity contribution < 1.29 is 18.7 Å². The minimum absolute atomic E-state index is 0.0231. The van der Waals surface area contributed by atoms with Crippen LogP contribution < -0.4 is 10.1 Å². The number of Topliss-reactive ketones (excluding diaryl/α,β-unsaturated/α-hetero) is 1. The zero-order chi connectivity index (χ0) is 25.1. The molecule has 4 aromatic rings. The number of fused-ring (bicyclic) bond motifs is 1. The highest BCUT2D eigenvalue weighted by molar-refractivity contribution is 6.30. The van der Waals surface area contributed by atoms with E-state index in [4.69, 9.17) is 20.8 Å². The molecule has 0 aliphatic heterocycles. The lowest BCUT2D eigenvalue weighted by molar-refractivity contribution is -0.111. The maximum Gasteiger partial charge on any atom is 0.248 e. The first-order valence-electron chi connectivity index (χ1n) is 11.3. The molecule has 0 saturated carbocycles. The van der Waals surface area contributed by atoms with Gasteiger partial charge in [0.25, 0.3) is 0 Å². The molecule has 178 valence electrons. The third-order valence-electron chi connectivity index (χ3n) is 5.82. The summed E-state index contributed by atoms with van der Waals surface area (Å²) in [5.74, 6) is 0.387. The number of ketones is 1. The lowest BCUT2D eigenvalue weighted by atomic mass is 9.96. The van der Waals surface area contributed by atoms with Gasteiger partial charge in [-0.05, 0) is 81.3 Å². The number of carbonyl (C=O) groups excluding carboxylic acids is 2. The predicted molar refractivity (Wildman–Crippen MR) is 141 cm³/mol. The molecule has 35 heavy (non-hydrogen) atoms. The van der Waals surface area contributed by atoms with Gasteiger partial charge in [-0.1, -0.05) is 23.7 Å². The molecule has 1 N–H and O–H groups in total. The summed E-state index contributed by atoms with van der Waals surface area (Å²) < 4.78 is 11.9. The van der Waals surface area contributed by atoms with Crippen molar-refractivity contribution in [3.63, 3.8) is 0 Å². The summed E-state index contributed by atoms with van der Waals surface area (Å²) in [6, 6.07) is 16.4. The van der Waals surface area contributed by atoms with Gasteiger partial charge in [0, 0.05) is 44.4 Å². The highest BCUT2D eigenvalue weighted by Gasteiger charge is 2.19. The number of hydrogen-bond acceptors (Lipinski definition) is 4. The second-order valence-electron chi connectivity index (χ2n) is 8.29. The Labute approximate surface area is 209 Å². The summed E-state index contributed by atoms with van der Waals surface area (Å²) in [7, 11) is 0. The molecule has 5 nitrogen and oxygen atoms in total. The summed E-state index contributed by atoms with van der Waals surface area (Å²) in [5, 5.41) is 4.44. The van der Waals surface area contributed by atoms with E-state index in [1.165, 1.54) is 6.92 Å². The Morgan fingerprint density at radius 1 is 1.06 bits per heavy atom. The molecule has 1 amide bonds. The van der Waals surface area contributed by atoms with E-state index in [1.54, 1.807) is 36.6 Å². The minimum Gasteiger partial charge on any atom is -0.493 e. The Morgan fingerprint density at radius 3 is 2.37 bits per heavy atom. The normalized spacial score (nSPS) is 11.5. The van der Waals surface area contributed by atoms with E-state index < -0.39 is 0 Å². The summed E-state index contributed by atoms with van der Waals surface area (Å²) in [5.41, 5.74) is 6.30. The molecule has 0 fully saturated rings. The van der Waals surface area contributed by atoms with Crippen LogP contribution in [0.5, 0.6) is 5.75 Å². The number of amides is 1. The quantitative estimate of drug-likeness (QED) is 0.214. The van der Waals surface area contributed by atoms with Crippen LogP contribution in [-0.4, -0.2) is 18.3 Å². The summed E-state index contributed by atoms with van der Waals surface area (Å²) in [6.07, 6.45) is 3.28. The van der Waals surface area contributed by atoms with Gasteiger partial charge < -0.3 is 14.5 Å². The largest absolute Gasteiger partial charge is 0.493 e. The van der Waals surface area contributed by atoms with Crippen LogP contribution in [0.4, 0.5) is 5.69 Å². The Hall–Kier alpha value is -3.83. The number of carbonyl (C=O) groups is 2. The first-order chi connectivity index (χ1) is 16.8. The summed E-state index contributed by atoms with van der Waals surface area (Å²) >= 11 is 6.07. The Kier molecular flexibility index (Phi) is 7.08. The Morgan fingerprint density at radius 2 is 1.74 bits per heavy atom. The van der Waals surface area contributed by atoms with Crippen LogP contribution in [-0.2, 0) is 4.79 Å². The van der Waals surface area contributed by atoms with Crippen molar-refractivity contribution in [3.8, 4) is 16.9 Å². The first-order valence-corrected chi connectivity index (χ1v) is 11.7. The van der Waals surface area contributed by atoms with Crippen molar-refractivity contribution in [1.82, 2.24) is 0 Å². The number of nitrogens with one attached hydrogen (secondary N) is 1. The lowest BCUT2D eigenvalue weighted by Gasteiger charge is -2.15. The monoisotopic (exact) mass is 487 g/mol. The SMILES string of the molecule is CCOc1c(/C(C)=C/C(=O)Nc2ccc(C(C)=O)cc2)cc2c(-c3ccc(Cl)cc3)coc2c1C. The first kappa shape index (κ1) is 24.3. The van der Waals surface area contributed by atoms with Gasteiger partial charge in [0.1, 0.15) is 11.3 Å². The van der Waals surface area contributed by atoms with Crippen molar-refractivity contribution in [2.24, 2.45) is 0 Å². The maximum atomic E-state index is 12.8. The van der Waals surface area contributed by atoms with Gasteiger partial charge in [0.2, 0.25) is 5.91 Å². The molecule has 0 aliphatic carbocycles. The fourth-order valence-electron chi connectivity index (χ4n) is 4.03. The predicted octanol–water partition coefficient (Wildman–Crippen LogP) is 7.70. The van der Waals surface area contributed by atoms with E-state index in [-0.39, 0.29) is 11.7 Å². The molecule has 0 spiro atoms. The zero-order valence-corrected chi connectivity index (χ0v) is 20.8. The molecule has 4 rings (SSSR count). The standard InChI is InChI=1S/C29H26ClNO4/c1-5-34-28-18(3)29-25(26(16-35-29)21-6-10-22(30)11-7-21)15-24(28)17(2)14-27(33)31-23-12-8-20(9-13-23)19(4)32/h6-16H,5H2,1-4H3,(H,31,33)/b17-14+. The van der Waals surface area contributed by atoms with Crippen molar-refractivity contribution >= 4 is 45.5 Å². The van der Waals surface area contributed by atoms with Crippen molar-refractivity contribution in [2.45, 2.75) is 27.7 Å².